The van der Waals surface area contributed by atoms with E-state index in [9.17, 15) is 34.1 Å². The Morgan fingerprint density at radius 1 is 1.00 bits per heavy atom. The molecule has 0 saturated carbocycles. The maximum absolute atomic E-state index is 12.5. The molecule has 216 valence electrons. The summed E-state index contributed by atoms with van der Waals surface area (Å²) >= 11 is 0. The van der Waals surface area contributed by atoms with E-state index in [4.69, 9.17) is 28.4 Å². The summed E-state index contributed by atoms with van der Waals surface area (Å²) in [7, 11) is 1.43. The first-order chi connectivity index (χ1) is 18.3. The van der Waals surface area contributed by atoms with Gasteiger partial charge >= 0.3 is 29.8 Å². The number of hydrogen-bond donors (Lipinski definition) is 0. The van der Waals surface area contributed by atoms with Crippen molar-refractivity contribution in [3.8, 4) is 0 Å². The van der Waals surface area contributed by atoms with Crippen molar-refractivity contribution in [2.75, 3.05) is 26.8 Å². The monoisotopic (exact) mass is 558 g/mol. The zero-order chi connectivity index (χ0) is 29.3. The van der Waals surface area contributed by atoms with Crippen molar-refractivity contribution in [1.82, 2.24) is 14.5 Å². The Morgan fingerprint density at radius 3 is 2.15 bits per heavy atom. The van der Waals surface area contributed by atoms with Gasteiger partial charge in [0.25, 0.3) is 5.91 Å². The molecule has 1 saturated heterocycles. The molecule has 1 amide bonds. The number of imidazole rings is 1. The summed E-state index contributed by atoms with van der Waals surface area (Å²) in [5.41, 5.74) is 0. The van der Waals surface area contributed by atoms with Gasteiger partial charge in [-0.3, -0.25) is 24.0 Å². The molecule has 0 spiro atoms. The topological polar surface area (TPSA) is 205 Å². The summed E-state index contributed by atoms with van der Waals surface area (Å²) in [6, 6.07) is 0. The van der Waals surface area contributed by atoms with Crippen molar-refractivity contribution in [2.24, 2.45) is 0 Å². The van der Waals surface area contributed by atoms with Gasteiger partial charge in [-0.2, -0.15) is 0 Å². The molecule has 2 heterocycles. The van der Waals surface area contributed by atoms with Crippen molar-refractivity contribution in [1.29, 1.82) is 0 Å². The van der Waals surface area contributed by atoms with E-state index in [0.29, 0.717) is 0 Å². The molecular weight excluding hydrogens is 528 g/mol. The van der Waals surface area contributed by atoms with Crippen LogP contribution in [0.25, 0.3) is 0 Å². The number of likely N-dealkylation sites (N-methyl/N-ethyl adjacent to an activating group) is 1. The number of nitrogens with zero attached hydrogens (tertiary/aromatic N) is 4. The third-order valence-corrected chi connectivity index (χ3v) is 5.25. The Balaban J connectivity index is 2.18. The minimum absolute atomic E-state index is 0.0335. The Bertz CT molecular complexity index is 1070. The molecule has 1 aliphatic heterocycles. The molecule has 39 heavy (non-hydrogen) atoms. The molecule has 1 aromatic rings. The van der Waals surface area contributed by atoms with E-state index in [0.717, 1.165) is 32.3 Å². The van der Waals surface area contributed by atoms with E-state index in [1.165, 1.54) is 24.3 Å². The quantitative estimate of drug-likeness (QED) is 0.135. The summed E-state index contributed by atoms with van der Waals surface area (Å²) < 4.78 is 33.5. The predicted octanol–water partition coefficient (Wildman–Crippen LogP) is -0.651. The van der Waals surface area contributed by atoms with Crippen molar-refractivity contribution in [3.05, 3.63) is 22.5 Å². The van der Waals surface area contributed by atoms with Gasteiger partial charge in [-0.05, 0) is 4.92 Å². The van der Waals surface area contributed by atoms with Crippen LogP contribution in [0, 0.1) is 10.1 Å². The van der Waals surface area contributed by atoms with Crippen LogP contribution in [0.15, 0.2) is 12.4 Å². The number of aromatic nitrogens is 2. The van der Waals surface area contributed by atoms with Gasteiger partial charge in [0.05, 0.1) is 6.61 Å². The molecule has 17 nitrogen and oxygen atoms in total. The third kappa shape index (κ3) is 9.29. The lowest BCUT2D eigenvalue weighted by Crippen LogP contribution is -2.63. The molecule has 2 rings (SSSR count). The minimum atomic E-state index is -1.40. The van der Waals surface area contributed by atoms with E-state index in [1.54, 1.807) is 0 Å². The molecule has 1 aliphatic rings. The molecule has 5 atom stereocenters. The second kappa shape index (κ2) is 14.1. The molecule has 0 aromatic carbocycles. The normalized spacial score (nSPS) is 22.3. The summed E-state index contributed by atoms with van der Waals surface area (Å²) in [6.45, 7) is 3.43. The van der Waals surface area contributed by atoms with Gasteiger partial charge in [0.2, 0.25) is 0 Å². The average molecular weight is 558 g/mol. The largest absolute Gasteiger partial charge is 0.463 e. The summed E-state index contributed by atoms with van der Waals surface area (Å²) in [6.07, 6.45) is -4.22. The van der Waals surface area contributed by atoms with E-state index in [1.807, 2.05) is 0 Å². The number of esters is 4. The maximum atomic E-state index is 12.5. The number of carbonyl (C=O) groups is 5. The summed E-state index contributed by atoms with van der Waals surface area (Å²) in [4.78, 5) is 74.5. The first-order valence-electron chi connectivity index (χ1n) is 11.6. The highest BCUT2D eigenvalue weighted by Gasteiger charge is 2.52. The highest BCUT2D eigenvalue weighted by molar-refractivity contribution is 5.76. The SMILES string of the molecule is CC(=O)OC[C@H]1O[C@@H](OCCN(C)C(=O)Cn2ccnc2[N+](=O)[O-])[C@H](OC(C)=O)[C@H](OC(C)=O)[C@@H]1OC(C)=O. The van der Waals surface area contributed by atoms with Gasteiger partial charge in [-0.1, -0.05) is 4.98 Å². The van der Waals surface area contributed by atoms with Gasteiger partial charge in [-0.15, -0.1) is 0 Å². The molecule has 1 aromatic heterocycles. The first kappa shape index (κ1) is 31.1. The Hall–Kier alpha value is -4.12. The predicted molar refractivity (Wildman–Crippen MR) is 124 cm³/mol. The molecule has 0 aliphatic carbocycles. The molecule has 17 heteroatoms. The van der Waals surface area contributed by atoms with Crippen molar-refractivity contribution < 1.29 is 57.3 Å². The van der Waals surface area contributed by atoms with Crippen LogP contribution in [0.2, 0.25) is 0 Å². The number of nitro groups is 1. The lowest BCUT2D eigenvalue weighted by Gasteiger charge is -2.44. The van der Waals surface area contributed by atoms with Crippen LogP contribution in [0.4, 0.5) is 5.95 Å². The molecular formula is C22H30N4O13. The molecule has 0 bridgehead atoms. The molecule has 0 radical (unpaired) electrons. The lowest BCUT2D eigenvalue weighted by molar-refractivity contribution is -0.396. The van der Waals surface area contributed by atoms with Crippen molar-refractivity contribution >= 4 is 35.7 Å². The molecule has 1 fully saturated rings. The number of amides is 1. The number of rotatable bonds is 12. The highest BCUT2D eigenvalue weighted by atomic mass is 16.7. The van der Waals surface area contributed by atoms with Gasteiger partial charge < -0.3 is 43.4 Å². The Morgan fingerprint density at radius 2 is 1.59 bits per heavy atom. The lowest BCUT2D eigenvalue weighted by atomic mass is 9.98. The van der Waals surface area contributed by atoms with Crippen LogP contribution in [-0.2, 0) is 58.9 Å². The number of hydrogen-bond acceptors (Lipinski definition) is 14. The zero-order valence-electron chi connectivity index (χ0n) is 22.0. The van der Waals surface area contributed by atoms with Crippen LogP contribution < -0.4 is 0 Å². The summed E-state index contributed by atoms with van der Waals surface area (Å²) in [5.74, 6) is -4.01. The van der Waals surface area contributed by atoms with E-state index < -0.39 is 78.0 Å². The number of carbonyl (C=O) groups excluding carboxylic acids is 5. The minimum Gasteiger partial charge on any atom is -0.463 e. The second-order valence-electron chi connectivity index (χ2n) is 8.37. The van der Waals surface area contributed by atoms with Gasteiger partial charge in [0, 0.05) is 41.3 Å². The Kier molecular flexibility index (Phi) is 11.3. The third-order valence-electron chi connectivity index (χ3n) is 5.25. The van der Waals surface area contributed by atoms with Crippen LogP contribution >= 0.6 is 0 Å². The maximum Gasteiger partial charge on any atom is 0.435 e. The highest BCUT2D eigenvalue weighted by Crippen LogP contribution is 2.30. The van der Waals surface area contributed by atoms with Gasteiger partial charge in [0.1, 0.15) is 25.1 Å². The van der Waals surface area contributed by atoms with Crippen LogP contribution in [0.5, 0.6) is 0 Å². The fourth-order valence-corrected chi connectivity index (χ4v) is 3.62. The van der Waals surface area contributed by atoms with Crippen molar-refractivity contribution in [3.63, 3.8) is 0 Å². The van der Waals surface area contributed by atoms with Gasteiger partial charge in [0.15, 0.2) is 31.1 Å². The van der Waals surface area contributed by atoms with Crippen molar-refractivity contribution in [2.45, 2.75) is 64.9 Å². The van der Waals surface area contributed by atoms with E-state index in [-0.39, 0.29) is 19.7 Å². The van der Waals surface area contributed by atoms with Crippen LogP contribution in [0.1, 0.15) is 27.7 Å². The fraction of sp³-hybridized carbons (Fsp3) is 0.636. The zero-order valence-corrected chi connectivity index (χ0v) is 22.0. The first-order valence-corrected chi connectivity index (χ1v) is 11.6. The average Bonchev–Trinajstić information content (AvgIpc) is 3.28. The fourth-order valence-electron chi connectivity index (χ4n) is 3.62. The molecule has 0 unspecified atom stereocenters. The second-order valence-corrected chi connectivity index (χ2v) is 8.37. The van der Waals surface area contributed by atoms with E-state index in [2.05, 4.69) is 4.98 Å². The standard InChI is InChI=1S/C22H30N4O13/c1-12(27)35-11-16-18(36-13(2)28)19(37-14(3)29)20(38-15(4)30)21(39-16)34-9-8-24(5)17(31)10-25-7-6-23-22(25)26(32)33/h6-7,16,18-21H,8-11H2,1-5H3/t16-,18-,19-,20-,21-/m1/s1. The molecule has 0 N–H and O–H groups in total. The van der Waals surface area contributed by atoms with Gasteiger partial charge in [-0.25, -0.2) is 4.57 Å². The van der Waals surface area contributed by atoms with Crippen LogP contribution in [-0.4, -0.2) is 107 Å². The Labute approximate surface area is 222 Å². The number of ether oxygens (including phenoxy) is 6. The smallest absolute Gasteiger partial charge is 0.435 e. The summed E-state index contributed by atoms with van der Waals surface area (Å²) in [5, 5.41) is 11.0. The van der Waals surface area contributed by atoms with Crippen LogP contribution in [0.3, 0.4) is 0 Å². The van der Waals surface area contributed by atoms with E-state index >= 15 is 0 Å².